The van der Waals surface area contributed by atoms with Crippen LogP contribution in [0.3, 0.4) is 0 Å². The molecule has 2 aliphatic heterocycles. The van der Waals surface area contributed by atoms with Gasteiger partial charge in [0.2, 0.25) is 0 Å². The Kier molecular flexibility index (Phi) is 1.75. The third-order valence-electron chi connectivity index (χ3n) is 2.24. The van der Waals surface area contributed by atoms with Crippen molar-refractivity contribution in [3.05, 3.63) is 12.2 Å². The SMILES string of the molecule is O[C@H]1CC[C@@H]2C=CC[C@@H]1S2. The first-order valence-electron chi connectivity index (χ1n) is 3.86. The molecule has 2 heterocycles. The summed E-state index contributed by atoms with van der Waals surface area (Å²) in [7, 11) is 0. The van der Waals surface area contributed by atoms with E-state index >= 15 is 0 Å². The molecule has 2 bridgehead atoms. The van der Waals surface area contributed by atoms with E-state index in [0.29, 0.717) is 10.5 Å². The van der Waals surface area contributed by atoms with Crippen molar-refractivity contribution in [2.24, 2.45) is 0 Å². The van der Waals surface area contributed by atoms with E-state index in [1.165, 1.54) is 6.42 Å². The molecule has 0 aliphatic carbocycles. The van der Waals surface area contributed by atoms with Crippen LogP contribution < -0.4 is 0 Å². The van der Waals surface area contributed by atoms with E-state index in [0.717, 1.165) is 12.8 Å². The summed E-state index contributed by atoms with van der Waals surface area (Å²) in [5.74, 6) is 0. The molecule has 2 rings (SSSR count). The van der Waals surface area contributed by atoms with Crippen molar-refractivity contribution in [1.82, 2.24) is 0 Å². The van der Waals surface area contributed by atoms with Crippen molar-refractivity contribution in [2.45, 2.75) is 35.9 Å². The molecule has 0 aromatic rings. The molecule has 0 radical (unpaired) electrons. The van der Waals surface area contributed by atoms with Gasteiger partial charge < -0.3 is 5.11 Å². The largest absolute Gasteiger partial charge is 0.392 e. The van der Waals surface area contributed by atoms with E-state index in [-0.39, 0.29) is 6.10 Å². The number of hydrogen-bond acceptors (Lipinski definition) is 2. The molecule has 0 amide bonds. The van der Waals surface area contributed by atoms with E-state index < -0.39 is 0 Å². The molecule has 0 aromatic heterocycles. The minimum Gasteiger partial charge on any atom is -0.392 e. The van der Waals surface area contributed by atoms with Crippen LogP contribution in [-0.4, -0.2) is 21.7 Å². The van der Waals surface area contributed by atoms with Gasteiger partial charge in [0.25, 0.3) is 0 Å². The second-order valence-corrected chi connectivity index (χ2v) is 4.50. The molecular formula is C8H12OS. The number of fused-ring (bicyclic) bond motifs is 2. The topological polar surface area (TPSA) is 20.2 Å². The van der Waals surface area contributed by atoms with Crippen LogP contribution in [0.1, 0.15) is 19.3 Å². The summed E-state index contributed by atoms with van der Waals surface area (Å²) in [6.45, 7) is 0. The Morgan fingerprint density at radius 3 is 3.10 bits per heavy atom. The van der Waals surface area contributed by atoms with Gasteiger partial charge in [0, 0.05) is 10.5 Å². The Balaban J connectivity index is 2.11. The summed E-state index contributed by atoms with van der Waals surface area (Å²) >= 11 is 1.94. The maximum atomic E-state index is 9.47. The first-order valence-corrected chi connectivity index (χ1v) is 4.81. The van der Waals surface area contributed by atoms with Gasteiger partial charge in [-0.3, -0.25) is 0 Å². The van der Waals surface area contributed by atoms with Crippen LogP contribution in [0.15, 0.2) is 12.2 Å². The van der Waals surface area contributed by atoms with Crippen molar-refractivity contribution < 1.29 is 5.11 Å². The first kappa shape index (κ1) is 6.74. The zero-order valence-electron chi connectivity index (χ0n) is 5.86. The van der Waals surface area contributed by atoms with Crippen LogP contribution in [0.25, 0.3) is 0 Å². The normalized spacial score (nSPS) is 45.5. The molecule has 1 nitrogen and oxygen atoms in total. The lowest BCUT2D eigenvalue weighted by molar-refractivity contribution is 0.153. The molecule has 2 aliphatic rings. The van der Waals surface area contributed by atoms with Crippen molar-refractivity contribution >= 4 is 11.8 Å². The zero-order chi connectivity index (χ0) is 6.97. The quantitative estimate of drug-likeness (QED) is 0.537. The van der Waals surface area contributed by atoms with Gasteiger partial charge in [0.15, 0.2) is 0 Å². The van der Waals surface area contributed by atoms with Gasteiger partial charge in [-0.25, -0.2) is 0 Å². The molecule has 2 heteroatoms. The number of thioether (sulfide) groups is 1. The minimum absolute atomic E-state index is 0.0359. The Bertz CT molecular complexity index is 155. The van der Waals surface area contributed by atoms with Gasteiger partial charge >= 0.3 is 0 Å². The molecule has 1 N–H and O–H groups in total. The number of aliphatic hydroxyl groups excluding tert-OH is 1. The second kappa shape index (κ2) is 2.59. The Hall–Kier alpha value is 0.0500. The fourth-order valence-electron chi connectivity index (χ4n) is 1.62. The third kappa shape index (κ3) is 1.10. The van der Waals surface area contributed by atoms with Gasteiger partial charge in [0.05, 0.1) is 6.10 Å². The summed E-state index contributed by atoms with van der Waals surface area (Å²) in [6.07, 6.45) is 7.71. The lowest BCUT2D eigenvalue weighted by Crippen LogP contribution is -2.32. The fraction of sp³-hybridized carbons (Fsp3) is 0.750. The van der Waals surface area contributed by atoms with Gasteiger partial charge in [-0.15, -0.1) is 11.8 Å². The average molecular weight is 156 g/mol. The van der Waals surface area contributed by atoms with Crippen molar-refractivity contribution in [1.29, 1.82) is 0 Å². The lowest BCUT2D eigenvalue weighted by atomic mass is 10.0. The molecule has 56 valence electrons. The predicted octanol–water partition coefficient (Wildman–Crippen LogP) is 1.57. The lowest BCUT2D eigenvalue weighted by Gasteiger charge is -2.33. The van der Waals surface area contributed by atoms with Crippen LogP contribution in [0.5, 0.6) is 0 Å². The van der Waals surface area contributed by atoms with Crippen molar-refractivity contribution in [3.63, 3.8) is 0 Å². The molecule has 0 spiro atoms. The van der Waals surface area contributed by atoms with E-state index in [4.69, 9.17) is 0 Å². The molecule has 0 saturated carbocycles. The van der Waals surface area contributed by atoms with E-state index in [1.807, 2.05) is 11.8 Å². The monoisotopic (exact) mass is 156 g/mol. The zero-order valence-corrected chi connectivity index (χ0v) is 6.68. The highest BCUT2D eigenvalue weighted by Gasteiger charge is 2.29. The molecule has 0 aromatic carbocycles. The first-order chi connectivity index (χ1) is 4.86. The molecule has 1 fully saturated rings. The smallest absolute Gasteiger partial charge is 0.0662 e. The average Bonchev–Trinajstić information content (AvgIpc) is 1.99. The summed E-state index contributed by atoms with van der Waals surface area (Å²) in [6, 6.07) is 0. The number of rotatable bonds is 0. The molecule has 3 atom stereocenters. The van der Waals surface area contributed by atoms with E-state index in [1.54, 1.807) is 0 Å². The van der Waals surface area contributed by atoms with Crippen molar-refractivity contribution in [3.8, 4) is 0 Å². The number of allylic oxidation sites excluding steroid dienone is 1. The molecular weight excluding hydrogens is 144 g/mol. The summed E-state index contributed by atoms with van der Waals surface area (Å²) < 4.78 is 0. The van der Waals surface area contributed by atoms with Gasteiger partial charge in [-0.1, -0.05) is 12.2 Å². The van der Waals surface area contributed by atoms with Gasteiger partial charge in [0.1, 0.15) is 0 Å². The second-order valence-electron chi connectivity index (χ2n) is 3.02. The highest BCUT2D eigenvalue weighted by atomic mass is 32.2. The van der Waals surface area contributed by atoms with Crippen LogP contribution in [0, 0.1) is 0 Å². The van der Waals surface area contributed by atoms with Crippen LogP contribution in [0.2, 0.25) is 0 Å². The number of aliphatic hydroxyl groups is 1. The van der Waals surface area contributed by atoms with E-state index in [2.05, 4.69) is 12.2 Å². The third-order valence-corrected chi connectivity index (χ3v) is 3.84. The Labute approximate surface area is 65.5 Å². The Morgan fingerprint density at radius 2 is 2.30 bits per heavy atom. The number of hydrogen-bond donors (Lipinski definition) is 1. The van der Waals surface area contributed by atoms with Crippen LogP contribution in [0.4, 0.5) is 0 Å². The Morgan fingerprint density at radius 1 is 1.40 bits per heavy atom. The maximum Gasteiger partial charge on any atom is 0.0662 e. The van der Waals surface area contributed by atoms with Crippen LogP contribution in [-0.2, 0) is 0 Å². The summed E-state index contributed by atoms with van der Waals surface area (Å²) in [5, 5.41) is 10.7. The van der Waals surface area contributed by atoms with Crippen LogP contribution >= 0.6 is 11.8 Å². The maximum absolute atomic E-state index is 9.47. The highest BCUT2D eigenvalue weighted by Crippen LogP contribution is 2.37. The van der Waals surface area contributed by atoms with E-state index in [9.17, 15) is 5.11 Å². The minimum atomic E-state index is -0.0359. The summed E-state index contributed by atoms with van der Waals surface area (Å²) in [5.41, 5.74) is 0. The molecule has 0 unspecified atom stereocenters. The highest BCUT2D eigenvalue weighted by molar-refractivity contribution is 8.00. The van der Waals surface area contributed by atoms with Gasteiger partial charge in [-0.2, -0.15) is 0 Å². The molecule has 1 saturated heterocycles. The van der Waals surface area contributed by atoms with Crippen molar-refractivity contribution in [2.75, 3.05) is 0 Å². The fourth-order valence-corrected chi connectivity index (χ4v) is 3.09. The predicted molar refractivity (Wildman–Crippen MR) is 44.2 cm³/mol. The molecule has 10 heavy (non-hydrogen) atoms. The summed E-state index contributed by atoms with van der Waals surface area (Å²) in [4.78, 5) is 0. The van der Waals surface area contributed by atoms with Gasteiger partial charge in [-0.05, 0) is 19.3 Å². The standard InChI is InChI=1S/C8H12OS/c9-7-5-4-6-2-1-3-8(7)10-6/h1-2,6-9H,3-5H2/t6-,7-,8-/m0/s1.